The number of aromatic amines is 2. The Morgan fingerprint density at radius 2 is 1.70 bits per heavy atom. The number of imidazole rings is 1. The number of nitrogens with one attached hydrogen (secondary N) is 2. The molecule has 0 unspecified atom stereocenters. The van der Waals surface area contributed by atoms with E-state index in [1.807, 2.05) is 31.2 Å². The molecule has 3 aromatic rings. The number of aromatic nitrogens is 2. The number of rotatable bonds is 5. The number of carbonyl (C=O) groups is 1. The minimum absolute atomic E-state index is 0.186. The first kappa shape index (κ1) is 20.3. The highest BCUT2D eigenvalue weighted by Gasteiger charge is 2.34. The van der Waals surface area contributed by atoms with Gasteiger partial charge in [0.2, 0.25) is 5.78 Å². The molecule has 0 aliphatic carbocycles. The summed E-state index contributed by atoms with van der Waals surface area (Å²) < 4.78 is 13.1. The number of carbonyl (C=O) groups excluding carboxylic acids is 1. The topological polar surface area (TPSA) is 89.2 Å². The van der Waals surface area contributed by atoms with E-state index in [9.17, 15) is 19.1 Å². The quantitative estimate of drug-likeness (QED) is 0.566. The lowest BCUT2D eigenvalue weighted by atomic mass is 9.84. The molecule has 0 spiro atoms. The molecule has 30 heavy (non-hydrogen) atoms. The number of piperidine rings is 1. The van der Waals surface area contributed by atoms with Crippen LogP contribution in [0.4, 0.5) is 4.39 Å². The summed E-state index contributed by atoms with van der Waals surface area (Å²) in [5.74, 6) is -0.791. The molecule has 0 bridgehead atoms. The van der Waals surface area contributed by atoms with Crippen molar-refractivity contribution in [2.75, 3.05) is 13.1 Å². The zero-order valence-corrected chi connectivity index (χ0v) is 16.7. The molecule has 6 nitrogen and oxygen atoms in total. The molecule has 1 aromatic heterocycles. The second-order valence-electron chi connectivity index (χ2n) is 7.94. The molecule has 1 aliphatic rings. The van der Waals surface area contributed by atoms with Gasteiger partial charge < -0.3 is 15.1 Å². The van der Waals surface area contributed by atoms with Crippen LogP contribution in [-0.2, 0) is 12.1 Å². The van der Waals surface area contributed by atoms with Gasteiger partial charge in [-0.2, -0.15) is 0 Å². The van der Waals surface area contributed by atoms with Crippen molar-refractivity contribution in [3.8, 4) is 0 Å². The number of hydrogen-bond donors (Lipinski definition) is 3. The van der Waals surface area contributed by atoms with Gasteiger partial charge in [-0.05, 0) is 49.6 Å². The van der Waals surface area contributed by atoms with Crippen LogP contribution >= 0.6 is 0 Å². The van der Waals surface area contributed by atoms with Crippen LogP contribution in [0.5, 0.6) is 0 Å². The van der Waals surface area contributed by atoms with E-state index in [1.165, 1.54) is 24.3 Å². The van der Waals surface area contributed by atoms with Crippen molar-refractivity contribution in [3.05, 3.63) is 92.9 Å². The van der Waals surface area contributed by atoms with Gasteiger partial charge in [0.05, 0.1) is 11.3 Å². The SMILES string of the molecule is Cc1ccc(C2(O)CCN(Cc3[nH]c(=O)[nH]c3C(=O)c3ccc(F)cc3)CC2)cc1. The van der Waals surface area contributed by atoms with Gasteiger partial charge in [-0.3, -0.25) is 9.69 Å². The standard InChI is InChI=1S/C23H24FN3O3/c1-15-2-6-17(7-3-15)23(30)10-12-27(13-11-23)14-19-20(26-22(29)25-19)21(28)16-4-8-18(24)9-5-16/h2-9,30H,10-14H2,1H3,(H2,25,26,29). The van der Waals surface area contributed by atoms with Crippen molar-refractivity contribution in [3.63, 3.8) is 0 Å². The number of likely N-dealkylation sites (tertiary alicyclic amines) is 1. The third kappa shape index (κ3) is 4.13. The second-order valence-corrected chi connectivity index (χ2v) is 7.94. The molecule has 0 atom stereocenters. The number of hydrogen-bond acceptors (Lipinski definition) is 4. The second kappa shape index (κ2) is 8.01. The van der Waals surface area contributed by atoms with Crippen molar-refractivity contribution < 1.29 is 14.3 Å². The van der Waals surface area contributed by atoms with E-state index in [0.717, 1.165) is 11.1 Å². The summed E-state index contributed by atoms with van der Waals surface area (Å²) in [6, 6.07) is 13.2. The van der Waals surface area contributed by atoms with Gasteiger partial charge in [0, 0.05) is 25.2 Å². The highest BCUT2D eigenvalue weighted by Crippen LogP contribution is 2.33. The van der Waals surface area contributed by atoms with E-state index in [2.05, 4.69) is 14.9 Å². The molecule has 0 amide bonds. The first-order valence-corrected chi connectivity index (χ1v) is 9.97. The lowest BCUT2D eigenvalue weighted by Gasteiger charge is -2.38. The van der Waals surface area contributed by atoms with Crippen LogP contribution in [-0.4, -0.2) is 38.8 Å². The fraction of sp³-hybridized carbons (Fsp3) is 0.304. The van der Waals surface area contributed by atoms with Crippen LogP contribution in [0.1, 0.15) is 45.7 Å². The van der Waals surface area contributed by atoms with Gasteiger partial charge in [-0.1, -0.05) is 29.8 Å². The summed E-state index contributed by atoms with van der Waals surface area (Å²) in [6.45, 7) is 3.65. The minimum Gasteiger partial charge on any atom is -0.385 e. The van der Waals surface area contributed by atoms with Crippen LogP contribution in [0.3, 0.4) is 0 Å². The van der Waals surface area contributed by atoms with Gasteiger partial charge in [0.15, 0.2) is 0 Å². The van der Waals surface area contributed by atoms with Gasteiger partial charge in [-0.15, -0.1) is 0 Å². The van der Waals surface area contributed by atoms with E-state index >= 15 is 0 Å². The normalized spacial score (nSPS) is 16.5. The number of halogens is 1. The molecule has 4 rings (SSSR count). The first-order chi connectivity index (χ1) is 14.3. The number of aliphatic hydroxyl groups is 1. The average Bonchev–Trinajstić information content (AvgIpc) is 3.10. The van der Waals surface area contributed by atoms with Crippen molar-refractivity contribution in [1.82, 2.24) is 14.9 Å². The Balaban J connectivity index is 1.47. The zero-order chi connectivity index (χ0) is 21.3. The Morgan fingerprint density at radius 1 is 1.07 bits per heavy atom. The fourth-order valence-corrected chi connectivity index (χ4v) is 3.93. The fourth-order valence-electron chi connectivity index (χ4n) is 3.93. The van der Waals surface area contributed by atoms with E-state index < -0.39 is 17.1 Å². The summed E-state index contributed by atoms with van der Waals surface area (Å²) in [4.78, 5) is 32.0. The predicted molar refractivity (Wildman–Crippen MR) is 111 cm³/mol. The summed E-state index contributed by atoms with van der Waals surface area (Å²) >= 11 is 0. The largest absolute Gasteiger partial charge is 0.385 e. The maximum absolute atomic E-state index is 13.1. The molecule has 156 valence electrons. The third-order valence-electron chi connectivity index (χ3n) is 5.79. The Morgan fingerprint density at radius 3 is 2.33 bits per heavy atom. The molecule has 0 saturated carbocycles. The maximum atomic E-state index is 13.1. The van der Waals surface area contributed by atoms with Gasteiger partial charge in [-0.25, -0.2) is 9.18 Å². The molecular weight excluding hydrogens is 385 g/mol. The van der Waals surface area contributed by atoms with Gasteiger partial charge in [0.1, 0.15) is 11.5 Å². The highest BCUT2D eigenvalue weighted by molar-refractivity contribution is 6.08. The number of aryl methyl sites for hydroxylation is 1. The lowest BCUT2D eigenvalue weighted by molar-refractivity contribution is -0.0280. The van der Waals surface area contributed by atoms with Gasteiger partial charge in [0.25, 0.3) is 0 Å². The number of benzene rings is 2. The van der Waals surface area contributed by atoms with Crippen LogP contribution in [0.25, 0.3) is 0 Å². The smallest absolute Gasteiger partial charge is 0.323 e. The Kier molecular flexibility index (Phi) is 5.40. The molecule has 1 saturated heterocycles. The van der Waals surface area contributed by atoms with E-state index in [-0.39, 0.29) is 11.5 Å². The molecule has 2 aromatic carbocycles. The van der Waals surface area contributed by atoms with Crippen LogP contribution in [0.2, 0.25) is 0 Å². The molecule has 7 heteroatoms. The first-order valence-electron chi connectivity index (χ1n) is 9.97. The number of H-pyrrole nitrogens is 2. The van der Waals surface area contributed by atoms with E-state index in [1.54, 1.807) is 0 Å². The summed E-state index contributed by atoms with van der Waals surface area (Å²) in [7, 11) is 0. The van der Waals surface area contributed by atoms with E-state index in [0.29, 0.717) is 43.7 Å². The van der Waals surface area contributed by atoms with Crippen molar-refractivity contribution in [2.24, 2.45) is 0 Å². The average molecular weight is 409 g/mol. The summed E-state index contributed by atoms with van der Waals surface area (Å²) in [5, 5.41) is 11.1. The van der Waals surface area contributed by atoms with Crippen LogP contribution in [0.15, 0.2) is 53.3 Å². The molecule has 0 radical (unpaired) electrons. The monoisotopic (exact) mass is 409 g/mol. The Labute approximate surface area is 173 Å². The summed E-state index contributed by atoms with van der Waals surface area (Å²) in [5.41, 5.74) is 1.72. The molecule has 1 aliphatic heterocycles. The number of ketones is 1. The maximum Gasteiger partial charge on any atom is 0.323 e. The molecule has 1 fully saturated rings. The zero-order valence-electron chi connectivity index (χ0n) is 16.7. The van der Waals surface area contributed by atoms with E-state index in [4.69, 9.17) is 0 Å². The number of nitrogens with zero attached hydrogens (tertiary/aromatic N) is 1. The predicted octanol–water partition coefficient (Wildman–Crippen LogP) is 2.87. The van der Waals surface area contributed by atoms with Crippen molar-refractivity contribution >= 4 is 5.78 Å². The molecular formula is C23H24FN3O3. The highest BCUT2D eigenvalue weighted by atomic mass is 19.1. The minimum atomic E-state index is -0.873. The van der Waals surface area contributed by atoms with Crippen LogP contribution in [0, 0.1) is 12.7 Å². The Hall–Kier alpha value is -3.03. The van der Waals surface area contributed by atoms with Crippen LogP contribution < -0.4 is 5.69 Å². The van der Waals surface area contributed by atoms with Gasteiger partial charge >= 0.3 is 5.69 Å². The molecule has 2 heterocycles. The lowest BCUT2D eigenvalue weighted by Crippen LogP contribution is -2.42. The third-order valence-corrected chi connectivity index (χ3v) is 5.79. The Bertz CT molecular complexity index is 1090. The van der Waals surface area contributed by atoms with Crippen molar-refractivity contribution in [2.45, 2.75) is 31.9 Å². The molecule has 3 N–H and O–H groups in total. The van der Waals surface area contributed by atoms with Crippen molar-refractivity contribution in [1.29, 1.82) is 0 Å². The summed E-state index contributed by atoms with van der Waals surface area (Å²) in [6.07, 6.45) is 1.12.